The third-order valence-corrected chi connectivity index (χ3v) is 2.79. The number of nitrogens with zero attached hydrogens (tertiary/aromatic N) is 3. The van der Waals surface area contributed by atoms with Crippen molar-refractivity contribution in [3.8, 4) is 0 Å². The minimum atomic E-state index is 0.0394. The highest BCUT2D eigenvalue weighted by molar-refractivity contribution is 9.09. The number of aromatic nitrogens is 2. The van der Waals surface area contributed by atoms with Gasteiger partial charge in [-0.25, -0.2) is 0 Å². The Labute approximate surface area is 105 Å². The summed E-state index contributed by atoms with van der Waals surface area (Å²) in [5.74, 6) is 0.0394. The second-order valence-corrected chi connectivity index (χ2v) is 4.87. The van der Waals surface area contributed by atoms with E-state index in [0.29, 0.717) is 12.2 Å². The monoisotopic (exact) mass is 287 g/mol. The van der Waals surface area contributed by atoms with Gasteiger partial charge in [-0.05, 0) is 26.8 Å². The predicted molar refractivity (Wildman–Crippen MR) is 67.9 cm³/mol. The molecule has 1 amide bonds. The van der Waals surface area contributed by atoms with Gasteiger partial charge in [-0.3, -0.25) is 9.48 Å². The van der Waals surface area contributed by atoms with Gasteiger partial charge in [0.2, 0.25) is 0 Å². The molecule has 4 nitrogen and oxygen atoms in total. The molecular formula is C11H18BrN3O. The first-order valence-electron chi connectivity index (χ1n) is 5.35. The molecule has 0 N–H and O–H groups in total. The van der Waals surface area contributed by atoms with Gasteiger partial charge >= 0.3 is 0 Å². The number of carbonyl (C=O) groups excluding carboxylic acids is 1. The molecule has 0 saturated carbocycles. The molecule has 90 valence electrons. The molecule has 0 saturated heterocycles. The van der Waals surface area contributed by atoms with E-state index >= 15 is 0 Å². The molecule has 0 spiro atoms. The van der Waals surface area contributed by atoms with Crippen molar-refractivity contribution in [3.05, 3.63) is 17.5 Å². The zero-order valence-electron chi connectivity index (χ0n) is 10.2. The van der Waals surface area contributed by atoms with Gasteiger partial charge in [0.05, 0.1) is 5.69 Å². The molecule has 16 heavy (non-hydrogen) atoms. The molecule has 0 aliphatic rings. The van der Waals surface area contributed by atoms with Gasteiger partial charge in [-0.15, -0.1) is 0 Å². The number of halogens is 1. The summed E-state index contributed by atoms with van der Waals surface area (Å²) in [7, 11) is 1.80. The molecule has 0 atom stereocenters. The van der Waals surface area contributed by atoms with Gasteiger partial charge in [0.1, 0.15) is 5.69 Å². The Balaban J connectivity index is 2.94. The number of carbonyl (C=O) groups is 1. The number of rotatable bonds is 4. The fraction of sp³-hybridized carbons (Fsp3) is 0.636. The molecule has 1 aromatic heterocycles. The van der Waals surface area contributed by atoms with Crippen LogP contribution in [0.3, 0.4) is 0 Å². The van der Waals surface area contributed by atoms with Crippen LogP contribution in [0, 0.1) is 6.92 Å². The van der Waals surface area contributed by atoms with Crippen molar-refractivity contribution in [3.63, 3.8) is 0 Å². The van der Waals surface area contributed by atoms with E-state index in [0.717, 1.165) is 11.0 Å². The van der Waals surface area contributed by atoms with Gasteiger partial charge in [0.15, 0.2) is 0 Å². The Morgan fingerprint density at radius 2 is 2.25 bits per heavy atom. The third kappa shape index (κ3) is 2.84. The smallest absolute Gasteiger partial charge is 0.272 e. The summed E-state index contributed by atoms with van der Waals surface area (Å²) >= 11 is 3.37. The van der Waals surface area contributed by atoms with Crippen molar-refractivity contribution in [1.82, 2.24) is 14.7 Å². The van der Waals surface area contributed by atoms with Crippen LogP contribution in [0.5, 0.6) is 0 Å². The molecule has 0 radical (unpaired) electrons. The van der Waals surface area contributed by atoms with Gasteiger partial charge in [0, 0.05) is 25.0 Å². The Hall–Kier alpha value is -0.840. The zero-order valence-corrected chi connectivity index (χ0v) is 11.8. The minimum absolute atomic E-state index is 0.0394. The van der Waals surface area contributed by atoms with Gasteiger partial charge in [0.25, 0.3) is 5.91 Å². The summed E-state index contributed by atoms with van der Waals surface area (Å²) < 4.78 is 1.64. The van der Waals surface area contributed by atoms with E-state index in [2.05, 4.69) is 21.0 Å². The highest BCUT2D eigenvalue weighted by Crippen LogP contribution is 2.09. The average molecular weight is 288 g/mol. The Bertz CT molecular complexity index is 373. The van der Waals surface area contributed by atoms with E-state index in [-0.39, 0.29) is 11.9 Å². The highest BCUT2D eigenvalue weighted by Gasteiger charge is 2.21. The Morgan fingerprint density at radius 1 is 1.62 bits per heavy atom. The van der Waals surface area contributed by atoms with Crippen LogP contribution in [0.1, 0.15) is 30.0 Å². The summed E-state index contributed by atoms with van der Waals surface area (Å²) in [5.41, 5.74) is 1.51. The number of hydrogen-bond acceptors (Lipinski definition) is 2. The SMILES string of the molecule is Cc1cc(C(=O)N(CCBr)C(C)C)n(C)n1. The molecule has 0 aliphatic heterocycles. The van der Waals surface area contributed by atoms with Crippen molar-refractivity contribution >= 4 is 21.8 Å². The fourth-order valence-corrected chi connectivity index (χ4v) is 2.03. The molecule has 0 aliphatic carbocycles. The predicted octanol–water partition coefficient (Wildman–Crippen LogP) is 1.97. The van der Waals surface area contributed by atoms with Gasteiger partial charge < -0.3 is 4.90 Å². The lowest BCUT2D eigenvalue weighted by molar-refractivity contribution is 0.0708. The topological polar surface area (TPSA) is 38.1 Å². The number of amides is 1. The standard InChI is InChI=1S/C11H18BrN3O/c1-8(2)15(6-5-12)11(16)10-7-9(3)13-14(10)4/h7-8H,5-6H2,1-4H3. The van der Waals surface area contributed by atoms with E-state index in [1.165, 1.54) is 0 Å². The van der Waals surface area contributed by atoms with Crippen molar-refractivity contribution in [1.29, 1.82) is 0 Å². The van der Waals surface area contributed by atoms with Crippen molar-refractivity contribution in [2.75, 3.05) is 11.9 Å². The lowest BCUT2D eigenvalue weighted by Gasteiger charge is -2.25. The Kier molecular flexibility index (Phi) is 4.53. The fourth-order valence-electron chi connectivity index (χ4n) is 1.64. The molecule has 0 bridgehead atoms. The van der Waals surface area contributed by atoms with Crippen LogP contribution >= 0.6 is 15.9 Å². The van der Waals surface area contributed by atoms with Crippen molar-refractivity contribution < 1.29 is 4.79 Å². The van der Waals surface area contributed by atoms with Gasteiger partial charge in [-0.2, -0.15) is 5.10 Å². The first-order valence-corrected chi connectivity index (χ1v) is 6.47. The minimum Gasteiger partial charge on any atom is -0.334 e. The molecule has 1 rings (SSSR count). The van der Waals surface area contributed by atoms with Gasteiger partial charge in [-0.1, -0.05) is 15.9 Å². The number of hydrogen-bond donors (Lipinski definition) is 0. The maximum absolute atomic E-state index is 12.3. The zero-order chi connectivity index (χ0) is 12.3. The molecule has 1 aromatic rings. The first-order chi connectivity index (χ1) is 7.47. The third-order valence-electron chi connectivity index (χ3n) is 2.43. The summed E-state index contributed by atoms with van der Waals surface area (Å²) in [6, 6.07) is 2.02. The van der Waals surface area contributed by atoms with E-state index in [4.69, 9.17) is 0 Å². The van der Waals surface area contributed by atoms with Crippen molar-refractivity contribution in [2.45, 2.75) is 26.8 Å². The number of alkyl halides is 1. The van der Waals surface area contributed by atoms with Crippen LogP contribution in [0.2, 0.25) is 0 Å². The van der Waals surface area contributed by atoms with Crippen LogP contribution in [0.25, 0.3) is 0 Å². The molecule has 5 heteroatoms. The quantitative estimate of drug-likeness (QED) is 0.795. The van der Waals surface area contributed by atoms with Crippen LogP contribution < -0.4 is 0 Å². The molecule has 0 unspecified atom stereocenters. The van der Waals surface area contributed by atoms with E-state index in [1.54, 1.807) is 11.7 Å². The second-order valence-electron chi connectivity index (χ2n) is 4.08. The van der Waals surface area contributed by atoms with Crippen LogP contribution in [0.4, 0.5) is 0 Å². The largest absolute Gasteiger partial charge is 0.334 e. The Morgan fingerprint density at radius 3 is 2.62 bits per heavy atom. The highest BCUT2D eigenvalue weighted by atomic mass is 79.9. The normalized spacial score (nSPS) is 10.9. The summed E-state index contributed by atoms with van der Waals surface area (Å²) in [6.45, 7) is 6.63. The number of aryl methyl sites for hydroxylation is 2. The summed E-state index contributed by atoms with van der Waals surface area (Å²) in [4.78, 5) is 14.1. The lowest BCUT2D eigenvalue weighted by Crippen LogP contribution is -2.39. The van der Waals surface area contributed by atoms with Crippen LogP contribution in [-0.4, -0.2) is 38.5 Å². The summed E-state index contributed by atoms with van der Waals surface area (Å²) in [5, 5.41) is 4.98. The summed E-state index contributed by atoms with van der Waals surface area (Å²) in [6.07, 6.45) is 0. The molecule has 1 heterocycles. The molecule has 0 fully saturated rings. The maximum atomic E-state index is 12.3. The van der Waals surface area contributed by atoms with E-state index in [1.807, 2.05) is 31.7 Å². The second kappa shape index (κ2) is 5.48. The van der Waals surface area contributed by atoms with E-state index < -0.39 is 0 Å². The van der Waals surface area contributed by atoms with Crippen molar-refractivity contribution in [2.24, 2.45) is 7.05 Å². The molecule has 0 aromatic carbocycles. The maximum Gasteiger partial charge on any atom is 0.272 e. The average Bonchev–Trinajstić information content (AvgIpc) is 2.53. The van der Waals surface area contributed by atoms with E-state index in [9.17, 15) is 4.79 Å². The van der Waals surface area contributed by atoms with Crippen LogP contribution in [-0.2, 0) is 7.05 Å². The first kappa shape index (κ1) is 13.2. The lowest BCUT2D eigenvalue weighted by atomic mass is 10.2. The molecular weight excluding hydrogens is 270 g/mol. The van der Waals surface area contributed by atoms with Crippen LogP contribution in [0.15, 0.2) is 6.07 Å².